The summed E-state index contributed by atoms with van der Waals surface area (Å²) < 4.78 is 99.2. The maximum Gasteiger partial charge on any atom is 0.416 e. The van der Waals surface area contributed by atoms with Gasteiger partial charge in [0, 0.05) is 71.2 Å². The van der Waals surface area contributed by atoms with Gasteiger partial charge < -0.3 is 11.5 Å². The molecule has 0 aliphatic rings. The highest BCUT2D eigenvalue weighted by atomic mass is 32.2. The van der Waals surface area contributed by atoms with E-state index in [0.29, 0.717) is 5.56 Å². The first-order valence-electron chi connectivity index (χ1n) is 18.3. The molecular formula is C43H37F7N4O4S2. The van der Waals surface area contributed by atoms with Crippen LogP contribution in [-0.4, -0.2) is 57.7 Å². The largest absolute Gasteiger partial charge is 0.416 e. The van der Waals surface area contributed by atoms with E-state index in [1.807, 2.05) is 0 Å². The van der Waals surface area contributed by atoms with Crippen molar-refractivity contribution in [2.24, 2.45) is 11.5 Å². The standard InChI is InChI=1S/C43H37F7N4O4S2/c1-24-4-2-5-25(12-24)36(55)18-27-13-31(42(45,46)47)15-29(40(27)59-10-8-51)20-38(57)34-22-35(54-23-53-34)39(58)21-30-16-32(43(48,49)50)14-28(41(30)60-11-9-52)19-37(56)26-6-3-7-33(44)17-26/h2-7,12-17,22-23H,8-11,18-21,51-52H2,1H3. The van der Waals surface area contributed by atoms with Gasteiger partial charge in [0.25, 0.3) is 0 Å². The number of thioether (sulfide) groups is 2. The van der Waals surface area contributed by atoms with Crippen LogP contribution in [0.4, 0.5) is 30.7 Å². The molecule has 0 atom stereocenters. The molecule has 0 spiro atoms. The first-order valence-corrected chi connectivity index (χ1v) is 20.2. The number of carbonyl (C=O) groups excluding carboxylic acids is 4. The number of halogens is 7. The molecule has 60 heavy (non-hydrogen) atoms. The molecule has 314 valence electrons. The summed E-state index contributed by atoms with van der Waals surface area (Å²) in [6.07, 6.45) is -11.1. The molecule has 0 unspecified atom stereocenters. The van der Waals surface area contributed by atoms with Crippen LogP contribution in [0, 0.1) is 12.7 Å². The minimum absolute atomic E-state index is 0.0394. The Hall–Kier alpha value is -5.23. The van der Waals surface area contributed by atoms with Gasteiger partial charge in [-0.2, -0.15) is 26.3 Å². The summed E-state index contributed by atoms with van der Waals surface area (Å²) in [7, 11) is 0. The number of benzene rings is 4. The predicted molar refractivity (Wildman–Crippen MR) is 214 cm³/mol. The Morgan fingerprint density at radius 2 is 0.967 bits per heavy atom. The first-order chi connectivity index (χ1) is 28.4. The molecule has 17 heteroatoms. The lowest BCUT2D eigenvalue weighted by molar-refractivity contribution is -0.138. The zero-order chi connectivity index (χ0) is 43.8. The quantitative estimate of drug-likeness (QED) is 0.0498. The smallest absolute Gasteiger partial charge is 0.330 e. The van der Waals surface area contributed by atoms with Crippen molar-refractivity contribution in [2.75, 3.05) is 24.6 Å². The average molecular weight is 871 g/mol. The number of hydrogen-bond acceptors (Lipinski definition) is 10. The van der Waals surface area contributed by atoms with Gasteiger partial charge in [0.1, 0.15) is 23.5 Å². The van der Waals surface area contributed by atoms with Crippen molar-refractivity contribution in [3.63, 3.8) is 0 Å². The Labute approximate surface area is 348 Å². The Balaban J connectivity index is 1.48. The molecule has 0 saturated heterocycles. The lowest BCUT2D eigenvalue weighted by Crippen LogP contribution is -2.16. The summed E-state index contributed by atoms with van der Waals surface area (Å²) in [5, 5.41) is 0. The second kappa shape index (κ2) is 19.9. The Morgan fingerprint density at radius 3 is 1.35 bits per heavy atom. The summed E-state index contributed by atoms with van der Waals surface area (Å²) >= 11 is 2.11. The first kappa shape index (κ1) is 45.8. The van der Waals surface area contributed by atoms with Gasteiger partial charge in [-0.25, -0.2) is 14.4 Å². The van der Waals surface area contributed by atoms with Crippen LogP contribution >= 0.6 is 23.5 Å². The van der Waals surface area contributed by atoms with Gasteiger partial charge in [-0.05, 0) is 77.7 Å². The van der Waals surface area contributed by atoms with Crippen LogP contribution in [-0.2, 0) is 38.0 Å². The van der Waals surface area contributed by atoms with Crippen LogP contribution in [0.1, 0.15) is 80.6 Å². The number of aromatic nitrogens is 2. The van der Waals surface area contributed by atoms with E-state index in [4.69, 9.17) is 11.5 Å². The molecule has 0 radical (unpaired) electrons. The van der Waals surface area contributed by atoms with E-state index in [1.54, 1.807) is 31.2 Å². The Morgan fingerprint density at radius 1 is 0.567 bits per heavy atom. The number of hydrogen-bond donors (Lipinski definition) is 2. The topological polar surface area (TPSA) is 146 Å². The van der Waals surface area contributed by atoms with Crippen LogP contribution in [0.25, 0.3) is 0 Å². The second-order valence-corrected chi connectivity index (χ2v) is 15.8. The minimum atomic E-state index is -4.89. The number of rotatable bonds is 18. The van der Waals surface area contributed by atoms with Crippen LogP contribution in [0.5, 0.6) is 0 Å². The summed E-state index contributed by atoms with van der Waals surface area (Å²) in [4.78, 5) is 62.3. The van der Waals surface area contributed by atoms with E-state index >= 15 is 0 Å². The number of nitrogens with zero attached hydrogens (tertiary/aromatic N) is 2. The molecule has 0 amide bonds. The van der Waals surface area contributed by atoms with Crippen LogP contribution < -0.4 is 11.5 Å². The molecule has 4 N–H and O–H groups in total. The van der Waals surface area contributed by atoms with Crippen molar-refractivity contribution in [1.29, 1.82) is 0 Å². The maximum atomic E-state index is 14.2. The molecule has 0 bridgehead atoms. The molecule has 8 nitrogen and oxygen atoms in total. The second-order valence-electron chi connectivity index (χ2n) is 13.6. The molecule has 4 aromatic carbocycles. The molecule has 1 aromatic heterocycles. The van der Waals surface area contributed by atoms with Crippen molar-refractivity contribution in [3.05, 3.63) is 152 Å². The van der Waals surface area contributed by atoms with E-state index in [-0.39, 0.29) is 73.6 Å². The highest BCUT2D eigenvalue weighted by molar-refractivity contribution is 7.99. The van der Waals surface area contributed by atoms with Crippen molar-refractivity contribution in [3.8, 4) is 0 Å². The van der Waals surface area contributed by atoms with Crippen LogP contribution in [0.2, 0.25) is 0 Å². The molecule has 0 fully saturated rings. The average Bonchev–Trinajstić information content (AvgIpc) is 3.19. The van der Waals surface area contributed by atoms with Gasteiger partial charge in [-0.3, -0.25) is 19.2 Å². The number of ketones is 4. The molecule has 1 heterocycles. The SMILES string of the molecule is Cc1cccc(C(=O)Cc2cc(C(F)(F)F)cc(CC(=O)c3cc(C(=O)Cc4cc(C(F)(F)F)cc(CC(=O)c5cccc(F)c5)c4SCCN)ncn3)c2SCCN)c1. The maximum absolute atomic E-state index is 14.2. The van der Waals surface area contributed by atoms with Gasteiger partial charge in [0.05, 0.1) is 11.1 Å². The lowest BCUT2D eigenvalue weighted by atomic mass is 9.95. The van der Waals surface area contributed by atoms with E-state index in [2.05, 4.69) is 9.97 Å². The van der Waals surface area contributed by atoms with E-state index in [0.717, 1.165) is 77.9 Å². The third-order valence-corrected chi connectivity index (χ3v) is 11.5. The number of alkyl halides is 6. The summed E-state index contributed by atoms with van der Waals surface area (Å²) in [6.45, 7) is 1.99. The Bertz CT molecular complexity index is 2260. The van der Waals surface area contributed by atoms with E-state index < -0.39 is 78.1 Å². The number of Topliss-reactive ketones (excluding diaryl/α,β-unsaturated/α-hetero) is 4. The highest BCUT2D eigenvalue weighted by Crippen LogP contribution is 2.39. The minimum Gasteiger partial charge on any atom is -0.330 e. The fourth-order valence-corrected chi connectivity index (χ4v) is 8.18. The zero-order valence-corrected chi connectivity index (χ0v) is 33.5. The molecule has 0 saturated carbocycles. The molecule has 5 rings (SSSR count). The molecule has 5 aromatic rings. The number of aryl methyl sites for hydroxylation is 1. The van der Waals surface area contributed by atoms with E-state index in [1.165, 1.54) is 12.1 Å². The van der Waals surface area contributed by atoms with Crippen molar-refractivity contribution >= 4 is 46.7 Å². The fourth-order valence-electron chi connectivity index (χ4n) is 6.27. The number of carbonyl (C=O) groups is 4. The van der Waals surface area contributed by atoms with Gasteiger partial charge in [-0.15, -0.1) is 23.5 Å². The highest BCUT2D eigenvalue weighted by Gasteiger charge is 2.34. The van der Waals surface area contributed by atoms with Gasteiger partial charge in [0.2, 0.25) is 0 Å². The van der Waals surface area contributed by atoms with Crippen molar-refractivity contribution in [2.45, 2.75) is 54.8 Å². The monoisotopic (exact) mass is 870 g/mol. The van der Waals surface area contributed by atoms with Crippen LogP contribution in [0.3, 0.4) is 0 Å². The lowest BCUT2D eigenvalue weighted by Gasteiger charge is -2.18. The number of nitrogens with two attached hydrogens (primary N) is 2. The van der Waals surface area contributed by atoms with E-state index in [9.17, 15) is 49.9 Å². The summed E-state index contributed by atoms with van der Waals surface area (Å²) in [5.74, 6) is -3.04. The fraction of sp³-hybridized carbons (Fsp3) is 0.256. The summed E-state index contributed by atoms with van der Waals surface area (Å²) in [5.41, 5.74) is 9.26. The van der Waals surface area contributed by atoms with Crippen molar-refractivity contribution in [1.82, 2.24) is 9.97 Å². The van der Waals surface area contributed by atoms with Crippen LogP contribution in [0.15, 0.2) is 95.0 Å². The zero-order valence-electron chi connectivity index (χ0n) is 31.9. The summed E-state index contributed by atoms with van der Waals surface area (Å²) in [6, 6.07) is 15.5. The normalized spacial score (nSPS) is 11.8. The van der Waals surface area contributed by atoms with Gasteiger partial charge in [-0.1, -0.05) is 35.9 Å². The third-order valence-electron chi connectivity index (χ3n) is 9.00. The van der Waals surface area contributed by atoms with Gasteiger partial charge in [0.15, 0.2) is 23.1 Å². The molecule has 0 aliphatic heterocycles. The predicted octanol–water partition coefficient (Wildman–Crippen LogP) is 8.76. The molecule has 0 aliphatic carbocycles. The van der Waals surface area contributed by atoms with Crippen molar-refractivity contribution < 1.29 is 49.9 Å². The third kappa shape index (κ3) is 12.0. The Kier molecular flexibility index (Phi) is 15.2. The van der Waals surface area contributed by atoms with Gasteiger partial charge >= 0.3 is 12.4 Å². The molecular weight excluding hydrogens is 834 g/mol.